The molecule has 1 unspecified atom stereocenters. The fourth-order valence-electron chi connectivity index (χ4n) is 3.66. The van der Waals surface area contributed by atoms with E-state index in [0.717, 1.165) is 34.3 Å². The maximum atomic E-state index is 13.3. The van der Waals surface area contributed by atoms with E-state index >= 15 is 0 Å². The average molecular weight is 473 g/mol. The lowest BCUT2D eigenvalue weighted by Crippen LogP contribution is -2.40. The van der Waals surface area contributed by atoms with Gasteiger partial charge in [-0.05, 0) is 60.7 Å². The number of aromatic nitrogens is 1. The number of nitrogens with one attached hydrogen (secondary N) is 2. The van der Waals surface area contributed by atoms with Gasteiger partial charge in [0.2, 0.25) is 0 Å². The van der Waals surface area contributed by atoms with Crippen LogP contribution in [0.2, 0.25) is 0 Å². The minimum atomic E-state index is -4.71. The smallest absolute Gasteiger partial charge is 0.417 e. The van der Waals surface area contributed by atoms with Crippen LogP contribution in [-0.4, -0.2) is 30.6 Å². The van der Waals surface area contributed by atoms with E-state index in [1.807, 2.05) is 38.2 Å². The van der Waals surface area contributed by atoms with Crippen molar-refractivity contribution in [2.24, 2.45) is 5.92 Å². The highest BCUT2D eigenvalue weighted by molar-refractivity contribution is 5.85. The van der Waals surface area contributed by atoms with Crippen LogP contribution in [0.1, 0.15) is 37.0 Å². The van der Waals surface area contributed by atoms with E-state index < -0.39 is 29.3 Å². The molecule has 34 heavy (non-hydrogen) atoms. The van der Waals surface area contributed by atoms with Gasteiger partial charge in [-0.3, -0.25) is 4.79 Å². The van der Waals surface area contributed by atoms with Gasteiger partial charge in [-0.25, -0.2) is 0 Å². The number of halogens is 3. The van der Waals surface area contributed by atoms with Gasteiger partial charge >= 0.3 is 6.18 Å². The summed E-state index contributed by atoms with van der Waals surface area (Å²) in [5, 5.41) is 12.8. The van der Waals surface area contributed by atoms with E-state index in [9.17, 15) is 18.0 Å². The van der Waals surface area contributed by atoms with Crippen LogP contribution < -0.4 is 14.8 Å². The number of H-pyrrole nitrogens is 1. The summed E-state index contributed by atoms with van der Waals surface area (Å²) in [6.07, 6.45) is -2.95. The summed E-state index contributed by atoms with van der Waals surface area (Å²) in [7, 11) is 1.59. The molecule has 0 aliphatic rings. The summed E-state index contributed by atoms with van der Waals surface area (Å²) in [5.41, 5.74) is 0.355. The number of ether oxygens (including phenoxy) is 2. The Morgan fingerprint density at radius 1 is 1.18 bits per heavy atom. The number of hydrogen-bond acceptors (Lipinski definition) is 4. The van der Waals surface area contributed by atoms with Crippen LogP contribution in [0.4, 0.5) is 13.2 Å². The molecule has 0 spiro atoms. The van der Waals surface area contributed by atoms with E-state index in [1.54, 1.807) is 7.11 Å². The molecule has 1 amide bonds. The summed E-state index contributed by atoms with van der Waals surface area (Å²) in [6.45, 7) is 4.11. The number of carbonyl (C=O) groups excluding carboxylic acids is 1. The molecule has 6 nitrogen and oxygen atoms in total. The number of hydrogen-bond donors (Lipinski definition) is 2. The van der Waals surface area contributed by atoms with E-state index in [2.05, 4.69) is 10.3 Å². The van der Waals surface area contributed by atoms with Crippen molar-refractivity contribution in [3.8, 4) is 17.6 Å². The van der Waals surface area contributed by atoms with Gasteiger partial charge in [-0.15, -0.1) is 0 Å². The first-order valence-corrected chi connectivity index (χ1v) is 10.8. The summed E-state index contributed by atoms with van der Waals surface area (Å²) in [6, 6.07) is 10.3. The van der Waals surface area contributed by atoms with Gasteiger partial charge in [0.05, 0.1) is 24.3 Å². The molecule has 1 aromatic heterocycles. The van der Waals surface area contributed by atoms with E-state index in [0.29, 0.717) is 19.4 Å². The number of fused-ring (bicyclic) bond motifs is 1. The summed E-state index contributed by atoms with van der Waals surface area (Å²) in [5.74, 6) is 0.264. The zero-order chi connectivity index (χ0) is 24.9. The Balaban J connectivity index is 1.70. The summed E-state index contributed by atoms with van der Waals surface area (Å²) < 4.78 is 50.8. The van der Waals surface area contributed by atoms with Crippen LogP contribution in [-0.2, 0) is 17.4 Å². The predicted molar refractivity (Wildman–Crippen MR) is 122 cm³/mol. The predicted octanol–water partition coefficient (Wildman–Crippen LogP) is 5.22. The number of benzene rings is 2. The third-order valence-corrected chi connectivity index (χ3v) is 5.34. The molecule has 0 radical (unpaired) electrons. The van der Waals surface area contributed by atoms with Crippen molar-refractivity contribution in [1.82, 2.24) is 10.3 Å². The van der Waals surface area contributed by atoms with E-state index in [4.69, 9.17) is 14.7 Å². The van der Waals surface area contributed by atoms with Gasteiger partial charge in [0.15, 0.2) is 6.10 Å². The van der Waals surface area contributed by atoms with E-state index in [-0.39, 0.29) is 11.7 Å². The van der Waals surface area contributed by atoms with Gasteiger partial charge in [-0.2, -0.15) is 18.4 Å². The Morgan fingerprint density at radius 2 is 1.91 bits per heavy atom. The molecule has 3 aromatic rings. The van der Waals surface area contributed by atoms with Gasteiger partial charge in [0.25, 0.3) is 5.91 Å². The van der Waals surface area contributed by atoms with Crippen LogP contribution in [0.15, 0.2) is 42.6 Å². The number of aromatic amines is 1. The fraction of sp³-hybridized carbons (Fsp3) is 0.360. The van der Waals surface area contributed by atoms with Crippen LogP contribution in [0, 0.1) is 17.2 Å². The van der Waals surface area contributed by atoms with Crippen molar-refractivity contribution in [3.05, 3.63) is 59.3 Å². The topological polar surface area (TPSA) is 87.1 Å². The molecule has 9 heteroatoms. The minimum Gasteiger partial charge on any atom is -0.497 e. The maximum absolute atomic E-state index is 13.3. The average Bonchev–Trinajstić information content (AvgIpc) is 3.19. The van der Waals surface area contributed by atoms with Gasteiger partial charge in [-0.1, -0.05) is 13.8 Å². The quantitative estimate of drug-likeness (QED) is 0.446. The lowest BCUT2D eigenvalue weighted by atomic mass is 10.0. The number of carbonyl (C=O) groups is 1. The van der Waals surface area contributed by atoms with Crippen molar-refractivity contribution in [1.29, 1.82) is 5.26 Å². The van der Waals surface area contributed by atoms with Crippen molar-refractivity contribution in [2.45, 2.75) is 39.0 Å². The van der Waals surface area contributed by atoms with E-state index in [1.165, 1.54) is 12.1 Å². The zero-order valence-electron chi connectivity index (χ0n) is 19.1. The Hall–Kier alpha value is -3.67. The second kappa shape index (κ2) is 10.5. The Bertz CT molecular complexity index is 1200. The Morgan fingerprint density at radius 3 is 2.56 bits per heavy atom. The lowest BCUT2D eigenvalue weighted by Gasteiger charge is -2.21. The summed E-state index contributed by atoms with van der Waals surface area (Å²) in [4.78, 5) is 16.0. The highest BCUT2D eigenvalue weighted by Gasteiger charge is 2.34. The number of methoxy groups -OCH3 is 1. The van der Waals surface area contributed by atoms with Crippen molar-refractivity contribution < 1.29 is 27.4 Å². The number of nitrogens with zero attached hydrogens (tertiary/aromatic N) is 1. The summed E-state index contributed by atoms with van der Waals surface area (Å²) >= 11 is 0. The fourth-order valence-corrected chi connectivity index (χ4v) is 3.66. The molecule has 0 aliphatic carbocycles. The molecule has 2 N–H and O–H groups in total. The molecule has 0 aliphatic heterocycles. The number of nitriles is 1. The van der Waals surface area contributed by atoms with Gasteiger partial charge < -0.3 is 19.8 Å². The second-order valence-corrected chi connectivity index (χ2v) is 8.32. The van der Waals surface area contributed by atoms with Gasteiger partial charge in [0, 0.05) is 23.6 Å². The molecule has 1 atom stereocenters. The molecule has 1 heterocycles. The second-order valence-electron chi connectivity index (χ2n) is 8.32. The Labute approximate surface area is 195 Å². The largest absolute Gasteiger partial charge is 0.497 e. The Kier molecular flexibility index (Phi) is 7.72. The monoisotopic (exact) mass is 473 g/mol. The highest BCUT2D eigenvalue weighted by atomic mass is 19.4. The molecule has 2 aromatic carbocycles. The first kappa shape index (κ1) is 25.0. The maximum Gasteiger partial charge on any atom is 0.417 e. The molecule has 180 valence electrons. The molecule has 0 bridgehead atoms. The van der Waals surface area contributed by atoms with Crippen LogP contribution >= 0.6 is 0 Å². The van der Waals surface area contributed by atoms with Crippen molar-refractivity contribution >= 4 is 16.8 Å². The van der Waals surface area contributed by atoms with Gasteiger partial charge in [0.1, 0.15) is 11.5 Å². The molecule has 3 rings (SSSR count). The third kappa shape index (κ3) is 6.01. The number of amides is 1. The molecular weight excluding hydrogens is 447 g/mol. The molecule has 0 fully saturated rings. The van der Waals surface area contributed by atoms with Crippen LogP contribution in [0.5, 0.6) is 11.5 Å². The van der Waals surface area contributed by atoms with Crippen molar-refractivity contribution in [2.75, 3.05) is 13.7 Å². The first-order valence-electron chi connectivity index (χ1n) is 10.8. The zero-order valence-corrected chi connectivity index (χ0v) is 19.1. The van der Waals surface area contributed by atoms with Crippen LogP contribution in [0.25, 0.3) is 10.9 Å². The number of rotatable bonds is 9. The minimum absolute atomic E-state index is 0.0669. The highest BCUT2D eigenvalue weighted by Crippen LogP contribution is 2.34. The third-order valence-electron chi connectivity index (χ3n) is 5.34. The normalized spacial score (nSPS) is 12.4. The van der Waals surface area contributed by atoms with Crippen molar-refractivity contribution in [3.63, 3.8) is 0 Å². The lowest BCUT2D eigenvalue weighted by molar-refractivity contribution is -0.137. The standard InChI is InChI=1S/C25H26F3N3O3/c1-15(2)10-23(34-19-5-4-16(13-29)21(12-19)25(26,27)28)24(32)30-9-8-17-14-31-22-7-6-18(33-3)11-20(17)22/h4-7,11-12,14-15,23,31H,8-10H2,1-3H3,(H,30,32). The molecular formula is C25H26F3N3O3. The first-order chi connectivity index (χ1) is 16.1. The molecule has 0 saturated heterocycles. The molecule has 0 saturated carbocycles. The SMILES string of the molecule is COc1ccc2[nH]cc(CCNC(=O)C(CC(C)C)Oc3ccc(C#N)c(C(F)(F)F)c3)c2c1. The van der Waals surface area contributed by atoms with Crippen LogP contribution in [0.3, 0.4) is 0 Å². The number of alkyl halides is 3.